The molecule has 1 rings (SSSR count). The molecule has 0 aromatic heterocycles. The monoisotopic (exact) mass is 192 g/mol. The van der Waals surface area contributed by atoms with Crippen molar-refractivity contribution < 1.29 is 0 Å². The first-order valence-electron chi connectivity index (χ1n) is 5.35. The molecule has 0 heterocycles. The summed E-state index contributed by atoms with van der Waals surface area (Å²) in [5, 5.41) is 3.36. The molecule has 3 N–H and O–H groups in total. The van der Waals surface area contributed by atoms with Crippen molar-refractivity contribution in [3.63, 3.8) is 0 Å². The van der Waals surface area contributed by atoms with E-state index in [0.29, 0.717) is 0 Å². The Balaban J connectivity index is 2.29. The fourth-order valence-electron chi connectivity index (χ4n) is 1.35. The molecule has 78 valence electrons. The van der Waals surface area contributed by atoms with Gasteiger partial charge in [0.05, 0.1) is 0 Å². The number of nitrogens with one attached hydrogen (secondary N) is 1. The second-order valence-corrected chi connectivity index (χ2v) is 3.49. The van der Waals surface area contributed by atoms with Crippen LogP contribution in [0.15, 0.2) is 24.3 Å². The molecule has 2 nitrogen and oxygen atoms in total. The van der Waals surface area contributed by atoms with Gasteiger partial charge in [-0.1, -0.05) is 31.2 Å². The maximum Gasteiger partial charge on any atom is 0.0205 e. The van der Waals surface area contributed by atoms with E-state index >= 15 is 0 Å². The third-order valence-corrected chi connectivity index (χ3v) is 2.32. The van der Waals surface area contributed by atoms with Gasteiger partial charge in [0.2, 0.25) is 0 Å². The molecule has 0 unspecified atom stereocenters. The van der Waals surface area contributed by atoms with Gasteiger partial charge in [0.1, 0.15) is 0 Å². The smallest absolute Gasteiger partial charge is 0.0205 e. The van der Waals surface area contributed by atoms with Crippen LogP contribution in [0, 0.1) is 0 Å². The van der Waals surface area contributed by atoms with Crippen molar-refractivity contribution in [1.29, 1.82) is 0 Å². The first-order valence-corrected chi connectivity index (χ1v) is 5.35. The molecule has 0 fully saturated rings. The quantitative estimate of drug-likeness (QED) is 0.673. The second-order valence-electron chi connectivity index (χ2n) is 3.49. The van der Waals surface area contributed by atoms with E-state index in [0.717, 1.165) is 32.5 Å². The Hall–Kier alpha value is -0.860. The van der Waals surface area contributed by atoms with Gasteiger partial charge < -0.3 is 11.1 Å². The zero-order valence-corrected chi connectivity index (χ0v) is 8.92. The molecule has 0 saturated carbocycles. The van der Waals surface area contributed by atoms with Gasteiger partial charge in [-0.05, 0) is 37.1 Å². The van der Waals surface area contributed by atoms with Crippen LogP contribution in [-0.2, 0) is 13.0 Å². The Morgan fingerprint density at radius 3 is 2.36 bits per heavy atom. The van der Waals surface area contributed by atoms with E-state index in [9.17, 15) is 0 Å². The highest BCUT2D eigenvalue weighted by atomic mass is 14.8. The average Bonchev–Trinajstić information content (AvgIpc) is 2.25. The Labute approximate surface area is 86.5 Å². The molecular formula is C12H20N2. The van der Waals surface area contributed by atoms with E-state index in [2.05, 4.69) is 36.5 Å². The zero-order valence-electron chi connectivity index (χ0n) is 8.92. The summed E-state index contributed by atoms with van der Waals surface area (Å²) in [6, 6.07) is 8.77. The lowest BCUT2D eigenvalue weighted by molar-refractivity contribution is 0.655. The minimum atomic E-state index is 0.766. The summed E-state index contributed by atoms with van der Waals surface area (Å²) in [6.45, 7) is 4.90. The third-order valence-electron chi connectivity index (χ3n) is 2.32. The summed E-state index contributed by atoms with van der Waals surface area (Å²) < 4.78 is 0. The van der Waals surface area contributed by atoms with Gasteiger partial charge in [0.25, 0.3) is 0 Å². The van der Waals surface area contributed by atoms with Crippen LogP contribution in [0.25, 0.3) is 0 Å². The van der Waals surface area contributed by atoms with E-state index in [1.165, 1.54) is 11.1 Å². The first-order chi connectivity index (χ1) is 6.86. The van der Waals surface area contributed by atoms with Crippen molar-refractivity contribution in [3.8, 4) is 0 Å². The van der Waals surface area contributed by atoms with E-state index < -0.39 is 0 Å². The molecule has 0 aliphatic carbocycles. The second kappa shape index (κ2) is 6.57. The van der Waals surface area contributed by atoms with Crippen LogP contribution in [0.3, 0.4) is 0 Å². The molecule has 0 aliphatic rings. The molecule has 14 heavy (non-hydrogen) atoms. The minimum Gasteiger partial charge on any atom is -0.330 e. The van der Waals surface area contributed by atoms with Crippen LogP contribution in [-0.4, -0.2) is 13.1 Å². The summed E-state index contributed by atoms with van der Waals surface area (Å²) >= 11 is 0. The standard InChI is InChI=1S/C12H20N2/c1-2-11-4-6-12(7-5-11)10-14-9-3-8-13/h4-7,14H,2-3,8-10,13H2,1H3. The van der Waals surface area contributed by atoms with E-state index in [4.69, 9.17) is 5.73 Å². The Kier molecular flexibility index (Phi) is 5.27. The normalized spacial score (nSPS) is 10.4. The third kappa shape index (κ3) is 3.90. The molecule has 0 spiro atoms. The van der Waals surface area contributed by atoms with Gasteiger partial charge in [-0.3, -0.25) is 0 Å². The maximum atomic E-state index is 5.41. The largest absolute Gasteiger partial charge is 0.330 e. The lowest BCUT2D eigenvalue weighted by Crippen LogP contribution is -2.17. The number of nitrogens with two attached hydrogens (primary N) is 1. The van der Waals surface area contributed by atoms with Crippen molar-refractivity contribution in [2.75, 3.05) is 13.1 Å². The molecule has 1 aromatic rings. The molecular weight excluding hydrogens is 172 g/mol. The van der Waals surface area contributed by atoms with Gasteiger partial charge in [-0.2, -0.15) is 0 Å². The molecule has 0 amide bonds. The molecule has 0 saturated heterocycles. The van der Waals surface area contributed by atoms with Crippen LogP contribution in [0.5, 0.6) is 0 Å². The van der Waals surface area contributed by atoms with Gasteiger partial charge in [-0.15, -0.1) is 0 Å². The van der Waals surface area contributed by atoms with Crippen molar-refractivity contribution in [3.05, 3.63) is 35.4 Å². The molecule has 0 aliphatic heterocycles. The fraction of sp³-hybridized carbons (Fsp3) is 0.500. The Morgan fingerprint density at radius 1 is 1.14 bits per heavy atom. The predicted octanol–water partition coefficient (Wildman–Crippen LogP) is 1.69. The SMILES string of the molecule is CCc1ccc(CNCCCN)cc1. The number of benzene rings is 1. The van der Waals surface area contributed by atoms with Crippen molar-refractivity contribution in [1.82, 2.24) is 5.32 Å². The van der Waals surface area contributed by atoms with Crippen LogP contribution >= 0.6 is 0 Å². The number of rotatable bonds is 6. The Bertz CT molecular complexity index is 241. The molecule has 1 aromatic carbocycles. The highest BCUT2D eigenvalue weighted by molar-refractivity contribution is 5.22. The summed E-state index contributed by atoms with van der Waals surface area (Å²) in [5.41, 5.74) is 8.15. The first kappa shape index (κ1) is 11.2. The van der Waals surface area contributed by atoms with Gasteiger partial charge in [-0.25, -0.2) is 0 Å². The van der Waals surface area contributed by atoms with Crippen molar-refractivity contribution in [2.45, 2.75) is 26.3 Å². The molecule has 0 atom stereocenters. The highest BCUT2D eigenvalue weighted by Gasteiger charge is 1.92. The van der Waals surface area contributed by atoms with E-state index in [-0.39, 0.29) is 0 Å². The lowest BCUT2D eigenvalue weighted by Gasteiger charge is -2.04. The van der Waals surface area contributed by atoms with E-state index in [1.54, 1.807) is 0 Å². The highest BCUT2D eigenvalue weighted by Crippen LogP contribution is 2.04. The number of hydrogen-bond donors (Lipinski definition) is 2. The van der Waals surface area contributed by atoms with Crippen LogP contribution in [0.4, 0.5) is 0 Å². The fourth-order valence-corrected chi connectivity index (χ4v) is 1.35. The predicted molar refractivity (Wildman–Crippen MR) is 61.2 cm³/mol. The average molecular weight is 192 g/mol. The van der Waals surface area contributed by atoms with Crippen LogP contribution in [0.1, 0.15) is 24.5 Å². The maximum absolute atomic E-state index is 5.41. The van der Waals surface area contributed by atoms with Gasteiger partial charge >= 0.3 is 0 Å². The summed E-state index contributed by atoms with van der Waals surface area (Å²) in [7, 11) is 0. The topological polar surface area (TPSA) is 38.0 Å². The summed E-state index contributed by atoms with van der Waals surface area (Å²) in [5.74, 6) is 0. The summed E-state index contributed by atoms with van der Waals surface area (Å²) in [4.78, 5) is 0. The zero-order chi connectivity index (χ0) is 10.2. The molecule has 2 heteroatoms. The Morgan fingerprint density at radius 2 is 1.79 bits per heavy atom. The van der Waals surface area contributed by atoms with Gasteiger partial charge in [0.15, 0.2) is 0 Å². The molecule has 0 radical (unpaired) electrons. The number of hydrogen-bond acceptors (Lipinski definition) is 2. The minimum absolute atomic E-state index is 0.766. The van der Waals surface area contributed by atoms with Crippen molar-refractivity contribution >= 4 is 0 Å². The molecule has 0 bridgehead atoms. The van der Waals surface area contributed by atoms with E-state index in [1.807, 2.05) is 0 Å². The summed E-state index contributed by atoms with van der Waals surface area (Å²) in [6.07, 6.45) is 2.16. The lowest BCUT2D eigenvalue weighted by atomic mass is 10.1. The van der Waals surface area contributed by atoms with Crippen molar-refractivity contribution in [2.24, 2.45) is 5.73 Å². The van der Waals surface area contributed by atoms with Crippen LogP contribution < -0.4 is 11.1 Å². The van der Waals surface area contributed by atoms with Gasteiger partial charge in [0, 0.05) is 6.54 Å². The number of aryl methyl sites for hydroxylation is 1. The van der Waals surface area contributed by atoms with Crippen LogP contribution in [0.2, 0.25) is 0 Å².